The summed E-state index contributed by atoms with van der Waals surface area (Å²) in [7, 11) is -2.76. The van der Waals surface area contributed by atoms with E-state index in [1.165, 1.54) is 6.07 Å². The van der Waals surface area contributed by atoms with Gasteiger partial charge in [-0.2, -0.15) is 0 Å². The third kappa shape index (κ3) is 3.60. The predicted molar refractivity (Wildman–Crippen MR) is 77.6 cm³/mol. The van der Waals surface area contributed by atoms with Gasteiger partial charge in [-0.25, -0.2) is 13.8 Å². The van der Waals surface area contributed by atoms with E-state index in [1.54, 1.807) is 25.1 Å². The van der Waals surface area contributed by atoms with Crippen LogP contribution in [0.5, 0.6) is 0 Å². The molecule has 0 spiro atoms. The van der Waals surface area contributed by atoms with Gasteiger partial charge in [-0.1, -0.05) is 18.2 Å². The minimum absolute atomic E-state index is 0.195. The van der Waals surface area contributed by atoms with E-state index in [0.29, 0.717) is 18.7 Å². The third-order valence-corrected chi connectivity index (χ3v) is 5.95. The number of hydrogen-bond donors (Lipinski definition) is 4. The van der Waals surface area contributed by atoms with Crippen LogP contribution >= 0.6 is 0 Å². The molecular formula is C13H22FN3OS. The first-order valence-corrected chi connectivity index (χ1v) is 8.45. The van der Waals surface area contributed by atoms with Gasteiger partial charge in [-0.3, -0.25) is 4.21 Å². The summed E-state index contributed by atoms with van der Waals surface area (Å²) in [5, 5.41) is 0. The van der Waals surface area contributed by atoms with Crippen molar-refractivity contribution in [3.63, 3.8) is 0 Å². The Bertz CT molecular complexity index is 481. The molecule has 19 heavy (non-hydrogen) atoms. The topological polar surface area (TPSA) is 67.2 Å². The van der Waals surface area contributed by atoms with Crippen LogP contribution < -0.4 is 15.2 Å². The van der Waals surface area contributed by atoms with Crippen LogP contribution in [0.4, 0.5) is 4.39 Å². The van der Waals surface area contributed by atoms with Gasteiger partial charge in [0, 0.05) is 24.4 Å². The molecule has 0 radical (unpaired) electrons. The lowest BCUT2D eigenvalue weighted by atomic mass is 9.95. The van der Waals surface area contributed by atoms with Gasteiger partial charge in [-0.15, -0.1) is 0 Å². The van der Waals surface area contributed by atoms with E-state index < -0.39 is 15.8 Å². The molecule has 1 heterocycles. The molecule has 1 aromatic rings. The summed E-state index contributed by atoms with van der Waals surface area (Å²) in [5.74, 6) is -0.157. The standard InChI is InChI=1S/C13H22FN3OS/c1-13(15,11-6-2-3-7-12(11)14)10-19(18)16-8-4-5-9-17-19/h2-3,6-7,19H,4-5,8-10,15H2,1H3,(H2,16,17,18). The molecule has 1 aromatic carbocycles. The number of rotatable bonds is 3. The number of nitrogens with one attached hydrogen (secondary N) is 2. The molecule has 1 aliphatic heterocycles. The summed E-state index contributed by atoms with van der Waals surface area (Å²) < 4.78 is 32.7. The van der Waals surface area contributed by atoms with E-state index in [1.807, 2.05) is 0 Å². The number of halogens is 1. The fourth-order valence-electron chi connectivity index (χ4n) is 2.41. The Morgan fingerprint density at radius 1 is 1.32 bits per heavy atom. The lowest BCUT2D eigenvalue weighted by Gasteiger charge is -2.34. The van der Waals surface area contributed by atoms with Crippen LogP contribution in [0, 0.1) is 5.82 Å². The van der Waals surface area contributed by atoms with Crippen molar-refractivity contribution >= 4 is 10.3 Å². The van der Waals surface area contributed by atoms with Crippen molar-refractivity contribution in [3.05, 3.63) is 35.6 Å². The van der Waals surface area contributed by atoms with E-state index in [2.05, 4.69) is 9.44 Å². The molecule has 1 saturated heterocycles. The Labute approximate surface area is 114 Å². The average molecular weight is 287 g/mol. The maximum Gasteiger partial charge on any atom is 0.128 e. The minimum Gasteiger partial charge on any atom is -0.321 e. The molecule has 1 fully saturated rings. The zero-order chi connectivity index (χ0) is 13.9. The lowest BCUT2D eigenvalue weighted by Crippen LogP contribution is -2.53. The highest BCUT2D eigenvalue weighted by Gasteiger charge is 2.31. The Morgan fingerprint density at radius 3 is 2.47 bits per heavy atom. The van der Waals surface area contributed by atoms with E-state index >= 15 is 0 Å². The highest BCUT2D eigenvalue weighted by molar-refractivity contribution is 7.99. The summed E-state index contributed by atoms with van der Waals surface area (Å²) in [6.45, 7) is 3.13. The van der Waals surface area contributed by atoms with Crippen LogP contribution in [0.15, 0.2) is 24.3 Å². The second-order valence-electron chi connectivity index (χ2n) is 5.32. The number of thiol groups is 1. The molecule has 4 N–H and O–H groups in total. The van der Waals surface area contributed by atoms with Crippen LogP contribution in [0.2, 0.25) is 0 Å². The number of nitrogens with two attached hydrogens (primary N) is 1. The van der Waals surface area contributed by atoms with Crippen molar-refractivity contribution in [1.29, 1.82) is 0 Å². The molecule has 1 atom stereocenters. The van der Waals surface area contributed by atoms with Crippen molar-refractivity contribution in [2.45, 2.75) is 25.3 Å². The second kappa shape index (κ2) is 5.66. The van der Waals surface area contributed by atoms with E-state index in [4.69, 9.17) is 5.73 Å². The van der Waals surface area contributed by atoms with Gasteiger partial charge >= 0.3 is 0 Å². The van der Waals surface area contributed by atoms with E-state index in [9.17, 15) is 8.60 Å². The molecule has 0 aliphatic carbocycles. The van der Waals surface area contributed by atoms with Gasteiger partial charge in [-0.05, 0) is 36.1 Å². The van der Waals surface area contributed by atoms with Gasteiger partial charge in [0.1, 0.15) is 5.82 Å². The molecule has 2 rings (SSSR count). The molecule has 0 saturated carbocycles. The SMILES string of the molecule is CC(N)(C[SH]1(=O)NCCCCN1)c1ccccc1F. The smallest absolute Gasteiger partial charge is 0.128 e. The van der Waals surface area contributed by atoms with Crippen molar-refractivity contribution in [3.8, 4) is 0 Å². The Balaban J connectivity index is 2.21. The monoisotopic (exact) mass is 287 g/mol. The molecule has 0 amide bonds. The first-order valence-electron chi connectivity index (χ1n) is 6.56. The van der Waals surface area contributed by atoms with E-state index in [-0.39, 0.29) is 11.6 Å². The average Bonchev–Trinajstić information content (AvgIpc) is 2.53. The highest BCUT2D eigenvalue weighted by atomic mass is 32.3. The van der Waals surface area contributed by atoms with Crippen LogP contribution in [-0.4, -0.2) is 23.1 Å². The van der Waals surface area contributed by atoms with Gasteiger partial charge in [0.15, 0.2) is 0 Å². The third-order valence-electron chi connectivity index (χ3n) is 3.38. The van der Waals surface area contributed by atoms with Crippen molar-refractivity contribution in [1.82, 2.24) is 9.44 Å². The number of benzene rings is 1. The molecule has 6 heteroatoms. The van der Waals surface area contributed by atoms with Crippen LogP contribution in [-0.2, 0) is 15.8 Å². The van der Waals surface area contributed by atoms with Crippen molar-refractivity contribution in [2.75, 3.05) is 18.8 Å². The summed E-state index contributed by atoms with van der Waals surface area (Å²) in [6, 6.07) is 6.40. The number of hydrogen-bond acceptors (Lipinski definition) is 2. The lowest BCUT2D eigenvalue weighted by molar-refractivity contribution is 0.498. The predicted octanol–water partition coefficient (Wildman–Crippen LogP) is 0.819. The van der Waals surface area contributed by atoms with Gasteiger partial charge in [0.2, 0.25) is 0 Å². The summed E-state index contributed by atoms with van der Waals surface area (Å²) in [4.78, 5) is 0. The maximum absolute atomic E-state index is 13.8. The van der Waals surface area contributed by atoms with Crippen molar-refractivity contribution in [2.24, 2.45) is 5.73 Å². The Hall–Kier alpha value is -0.820. The van der Waals surface area contributed by atoms with Gasteiger partial charge < -0.3 is 5.73 Å². The molecule has 0 bridgehead atoms. The fraction of sp³-hybridized carbons (Fsp3) is 0.538. The van der Waals surface area contributed by atoms with Crippen LogP contribution in [0.1, 0.15) is 25.3 Å². The summed E-state index contributed by atoms with van der Waals surface area (Å²) >= 11 is 0. The summed E-state index contributed by atoms with van der Waals surface area (Å²) in [6.07, 6.45) is 1.97. The molecule has 1 aliphatic rings. The van der Waals surface area contributed by atoms with Gasteiger partial charge in [0.25, 0.3) is 0 Å². The Kier molecular flexibility index (Phi) is 4.35. The zero-order valence-corrected chi connectivity index (χ0v) is 12.1. The first-order chi connectivity index (χ1) is 8.93. The molecular weight excluding hydrogens is 265 g/mol. The first kappa shape index (κ1) is 14.6. The summed E-state index contributed by atoms with van der Waals surface area (Å²) in [5.41, 5.74) is 5.65. The maximum atomic E-state index is 13.8. The second-order valence-corrected chi connectivity index (χ2v) is 7.75. The molecule has 1 unspecified atom stereocenters. The largest absolute Gasteiger partial charge is 0.321 e. The molecule has 0 aromatic heterocycles. The molecule has 108 valence electrons. The van der Waals surface area contributed by atoms with E-state index in [0.717, 1.165) is 12.8 Å². The zero-order valence-electron chi connectivity index (χ0n) is 11.2. The van der Waals surface area contributed by atoms with Crippen LogP contribution in [0.3, 0.4) is 0 Å². The quantitative estimate of drug-likeness (QED) is 0.622. The van der Waals surface area contributed by atoms with Gasteiger partial charge in [0.05, 0.1) is 5.54 Å². The fourth-order valence-corrected chi connectivity index (χ4v) is 4.88. The highest BCUT2D eigenvalue weighted by Crippen LogP contribution is 2.24. The van der Waals surface area contributed by atoms with Crippen molar-refractivity contribution < 1.29 is 8.60 Å². The Morgan fingerprint density at radius 2 is 1.89 bits per heavy atom. The molecule has 4 nitrogen and oxygen atoms in total. The van der Waals surface area contributed by atoms with Crippen LogP contribution in [0.25, 0.3) is 0 Å². The minimum atomic E-state index is -2.76. The normalized spacial score (nSPS) is 24.2.